The topological polar surface area (TPSA) is 92.1 Å². The highest BCUT2D eigenvalue weighted by Gasteiger charge is 2.31. The Morgan fingerprint density at radius 1 is 0.972 bits per heavy atom. The number of nitrogens with zero attached hydrogens (tertiary/aromatic N) is 2. The maximum absolute atomic E-state index is 13.5. The molecular formula is C29H30N4O3. The Balaban J connectivity index is 1.69. The lowest BCUT2D eigenvalue weighted by Gasteiger charge is -2.29. The first-order valence-corrected chi connectivity index (χ1v) is 11.9. The molecule has 0 atom stereocenters. The minimum atomic E-state index is -0.393. The van der Waals surface area contributed by atoms with Crippen LogP contribution in [0.1, 0.15) is 47.8 Å². The van der Waals surface area contributed by atoms with Crippen LogP contribution in [0.3, 0.4) is 0 Å². The number of nitrogens with one attached hydrogen (secondary N) is 2. The van der Waals surface area contributed by atoms with Crippen molar-refractivity contribution in [1.82, 2.24) is 0 Å². The van der Waals surface area contributed by atoms with Gasteiger partial charge in [-0.2, -0.15) is 5.10 Å². The van der Waals surface area contributed by atoms with E-state index in [1.165, 1.54) is 0 Å². The molecule has 3 aromatic rings. The summed E-state index contributed by atoms with van der Waals surface area (Å²) >= 11 is 0. The minimum Gasteiger partial charge on any atom is -0.462 e. The first-order valence-electron chi connectivity index (χ1n) is 11.9. The van der Waals surface area contributed by atoms with E-state index >= 15 is 0 Å². The van der Waals surface area contributed by atoms with Crippen molar-refractivity contribution in [2.75, 3.05) is 17.3 Å². The van der Waals surface area contributed by atoms with Crippen molar-refractivity contribution in [1.29, 1.82) is 0 Å². The fourth-order valence-corrected chi connectivity index (χ4v) is 4.01. The van der Waals surface area contributed by atoms with E-state index in [4.69, 9.17) is 9.73 Å². The molecule has 7 nitrogen and oxygen atoms in total. The summed E-state index contributed by atoms with van der Waals surface area (Å²) in [6, 6.07) is 22.3. The molecule has 0 fully saturated rings. The van der Waals surface area contributed by atoms with Gasteiger partial charge >= 0.3 is 5.97 Å². The zero-order chi connectivity index (χ0) is 25.7. The fraction of sp³-hybridized carbons (Fsp3) is 0.241. The van der Waals surface area contributed by atoms with Gasteiger partial charge in [-0.15, -0.1) is 0 Å². The molecule has 0 unspecified atom stereocenters. The summed E-state index contributed by atoms with van der Waals surface area (Å²) in [5, 5.41) is 7.46. The van der Waals surface area contributed by atoms with E-state index in [0.29, 0.717) is 29.3 Å². The molecule has 7 heteroatoms. The van der Waals surface area contributed by atoms with Crippen LogP contribution in [0.4, 0.5) is 11.4 Å². The zero-order valence-electron chi connectivity index (χ0n) is 21.0. The average Bonchev–Trinajstić information content (AvgIpc) is 2.85. The molecule has 36 heavy (non-hydrogen) atoms. The van der Waals surface area contributed by atoms with Gasteiger partial charge < -0.3 is 10.1 Å². The molecule has 1 heterocycles. The number of aryl methyl sites for hydroxylation is 1. The highest BCUT2D eigenvalue weighted by atomic mass is 16.5. The van der Waals surface area contributed by atoms with Crippen LogP contribution in [-0.4, -0.2) is 35.4 Å². The van der Waals surface area contributed by atoms with Crippen LogP contribution >= 0.6 is 0 Å². The molecule has 0 bridgehead atoms. The van der Waals surface area contributed by atoms with Gasteiger partial charge in [0.15, 0.2) is 5.71 Å². The molecule has 0 aromatic heterocycles. The highest BCUT2D eigenvalue weighted by molar-refractivity contribution is 6.72. The summed E-state index contributed by atoms with van der Waals surface area (Å²) in [5.74, 6) is -0.762. The van der Waals surface area contributed by atoms with E-state index in [0.717, 1.165) is 23.1 Å². The van der Waals surface area contributed by atoms with Gasteiger partial charge in [0.1, 0.15) is 0 Å². The molecular weight excluding hydrogens is 452 g/mol. The Hall–Kier alpha value is -4.26. The molecule has 4 rings (SSSR count). The van der Waals surface area contributed by atoms with Crippen LogP contribution in [0.25, 0.3) is 0 Å². The van der Waals surface area contributed by atoms with Gasteiger partial charge in [0.2, 0.25) is 0 Å². The second kappa shape index (κ2) is 10.6. The fourth-order valence-electron chi connectivity index (χ4n) is 4.01. The number of benzene rings is 3. The number of ether oxygens (including phenoxy) is 1. The summed E-state index contributed by atoms with van der Waals surface area (Å²) in [7, 11) is 0. The Bertz CT molecular complexity index is 1320. The molecule has 1 aliphatic rings. The van der Waals surface area contributed by atoms with E-state index in [-0.39, 0.29) is 17.6 Å². The van der Waals surface area contributed by atoms with Crippen molar-refractivity contribution >= 4 is 34.7 Å². The van der Waals surface area contributed by atoms with Crippen LogP contribution in [0.2, 0.25) is 0 Å². The van der Waals surface area contributed by atoms with Gasteiger partial charge in [0, 0.05) is 11.3 Å². The van der Waals surface area contributed by atoms with E-state index in [1.54, 1.807) is 31.2 Å². The maximum Gasteiger partial charge on any atom is 0.338 e. The standard InChI is InChI=1S/C29H30N4O3/c1-5-36-28(35)20-12-16-23(17-13-20)32-33-26(27(34)30-22-14-10-19(2)11-15-22)25-24-9-7-6-8-21(24)18-29(3,4)31-25/h6-17,32H,5,18H2,1-4H3,(H,30,34)/b33-26-. The Labute approximate surface area is 211 Å². The predicted molar refractivity (Wildman–Crippen MR) is 144 cm³/mol. The highest BCUT2D eigenvalue weighted by Crippen LogP contribution is 2.27. The lowest BCUT2D eigenvalue weighted by Crippen LogP contribution is -2.38. The molecule has 3 aromatic carbocycles. The smallest absolute Gasteiger partial charge is 0.338 e. The van der Waals surface area contributed by atoms with E-state index in [2.05, 4.69) is 21.9 Å². The number of hydrazone groups is 1. The van der Waals surface area contributed by atoms with Crippen LogP contribution in [-0.2, 0) is 16.0 Å². The van der Waals surface area contributed by atoms with E-state index in [1.807, 2.05) is 63.2 Å². The number of rotatable bonds is 7. The number of aliphatic imine (C=N–C) groups is 1. The van der Waals surface area contributed by atoms with Gasteiger partial charge in [-0.1, -0.05) is 42.0 Å². The molecule has 0 spiro atoms. The third-order valence-electron chi connectivity index (χ3n) is 5.75. The molecule has 0 saturated heterocycles. The zero-order valence-corrected chi connectivity index (χ0v) is 21.0. The van der Waals surface area contributed by atoms with Crippen molar-refractivity contribution < 1.29 is 14.3 Å². The number of carbonyl (C=O) groups excluding carboxylic acids is 2. The molecule has 0 saturated carbocycles. The quantitative estimate of drug-likeness (QED) is 0.268. The van der Waals surface area contributed by atoms with Crippen molar-refractivity contribution in [3.8, 4) is 0 Å². The maximum atomic E-state index is 13.5. The van der Waals surface area contributed by atoms with Crippen LogP contribution in [0.5, 0.6) is 0 Å². The summed E-state index contributed by atoms with van der Waals surface area (Å²) in [6.45, 7) is 8.15. The minimum absolute atomic E-state index is 0.172. The number of fused-ring (bicyclic) bond motifs is 1. The van der Waals surface area contributed by atoms with Gasteiger partial charge in [-0.05, 0) is 76.1 Å². The number of esters is 1. The van der Waals surface area contributed by atoms with Crippen molar-refractivity contribution in [3.63, 3.8) is 0 Å². The number of carbonyl (C=O) groups is 2. The monoisotopic (exact) mass is 482 g/mol. The second-order valence-electron chi connectivity index (χ2n) is 9.30. The Morgan fingerprint density at radius 3 is 2.33 bits per heavy atom. The SMILES string of the molecule is CCOC(=O)c1ccc(N/N=C(\C(=O)Nc2ccc(C)cc2)C2=NC(C)(C)Cc3ccccc32)cc1. The van der Waals surface area contributed by atoms with Crippen molar-refractivity contribution in [2.45, 2.75) is 39.7 Å². The number of hydrogen-bond acceptors (Lipinski definition) is 6. The Morgan fingerprint density at radius 2 is 1.64 bits per heavy atom. The van der Waals surface area contributed by atoms with Crippen LogP contribution in [0.15, 0.2) is 82.9 Å². The lowest BCUT2D eigenvalue weighted by molar-refractivity contribution is -0.110. The molecule has 2 N–H and O–H groups in total. The summed E-state index contributed by atoms with van der Waals surface area (Å²) in [5.41, 5.74) is 8.10. The summed E-state index contributed by atoms with van der Waals surface area (Å²) in [4.78, 5) is 30.4. The predicted octanol–water partition coefficient (Wildman–Crippen LogP) is 5.40. The van der Waals surface area contributed by atoms with Gasteiger partial charge in [0.25, 0.3) is 5.91 Å². The van der Waals surface area contributed by atoms with Crippen molar-refractivity contribution in [3.05, 3.63) is 95.1 Å². The number of anilines is 2. The average molecular weight is 483 g/mol. The molecule has 0 aliphatic carbocycles. The van der Waals surface area contributed by atoms with E-state index < -0.39 is 5.54 Å². The van der Waals surface area contributed by atoms with Crippen molar-refractivity contribution in [2.24, 2.45) is 10.1 Å². The Kier molecular flexibility index (Phi) is 7.29. The second-order valence-corrected chi connectivity index (χ2v) is 9.30. The van der Waals surface area contributed by atoms with E-state index in [9.17, 15) is 9.59 Å². The van der Waals surface area contributed by atoms with Gasteiger partial charge in [-0.25, -0.2) is 4.79 Å². The van der Waals surface area contributed by atoms with Crippen LogP contribution in [0, 0.1) is 6.92 Å². The molecule has 1 aliphatic heterocycles. The molecule has 184 valence electrons. The number of amides is 1. The number of hydrogen-bond donors (Lipinski definition) is 2. The van der Waals surface area contributed by atoms with Gasteiger partial charge in [0.05, 0.1) is 29.1 Å². The summed E-state index contributed by atoms with van der Waals surface area (Å²) in [6.07, 6.45) is 0.766. The third-order valence-corrected chi connectivity index (χ3v) is 5.75. The first kappa shape index (κ1) is 24.9. The molecule has 1 amide bonds. The third kappa shape index (κ3) is 5.86. The first-order chi connectivity index (χ1) is 17.3. The summed E-state index contributed by atoms with van der Waals surface area (Å²) < 4.78 is 5.04. The van der Waals surface area contributed by atoms with Crippen LogP contribution < -0.4 is 10.7 Å². The van der Waals surface area contributed by atoms with Gasteiger partial charge in [-0.3, -0.25) is 15.2 Å². The molecule has 0 radical (unpaired) electrons. The normalized spacial score (nSPS) is 14.3. The lowest BCUT2D eigenvalue weighted by atomic mass is 9.85. The largest absolute Gasteiger partial charge is 0.462 e.